The second kappa shape index (κ2) is 6.98. The van der Waals surface area contributed by atoms with Gasteiger partial charge in [-0.05, 0) is 31.4 Å². The number of hydrogen-bond donors (Lipinski definition) is 1. The Morgan fingerprint density at radius 1 is 1.45 bits per heavy atom. The first-order chi connectivity index (χ1) is 10.8. The van der Waals surface area contributed by atoms with Crippen LogP contribution in [0.4, 0.5) is 0 Å². The van der Waals surface area contributed by atoms with Gasteiger partial charge in [-0.3, -0.25) is 9.78 Å². The van der Waals surface area contributed by atoms with Gasteiger partial charge in [0.1, 0.15) is 5.01 Å². The van der Waals surface area contributed by atoms with E-state index in [1.165, 1.54) is 4.88 Å². The maximum Gasteiger partial charge on any atom is 0.223 e. The number of carbonyl (C=O) groups excluding carboxylic acids is 1. The fourth-order valence-electron chi connectivity index (χ4n) is 2.64. The van der Waals surface area contributed by atoms with Crippen molar-refractivity contribution in [1.29, 1.82) is 0 Å². The molecule has 0 radical (unpaired) electrons. The summed E-state index contributed by atoms with van der Waals surface area (Å²) in [5, 5.41) is 3.96. The van der Waals surface area contributed by atoms with Gasteiger partial charge in [-0.15, -0.1) is 11.3 Å². The Labute approximate surface area is 133 Å². The molecule has 0 bridgehead atoms. The molecule has 22 heavy (non-hydrogen) atoms. The third-order valence-corrected chi connectivity index (χ3v) is 5.01. The summed E-state index contributed by atoms with van der Waals surface area (Å²) in [5.74, 6) is 0.177. The number of rotatable bonds is 5. The minimum atomic E-state index is 0.0510. The van der Waals surface area contributed by atoms with Gasteiger partial charge in [-0.25, -0.2) is 4.98 Å². The maximum absolute atomic E-state index is 12.2. The number of fused-ring (bicyclic) bond motifs is 1. The molecule has 0 fully saturated rings. The average molecular weight is 317 g/mol. The number of aromatic nitrogens is 2. The first-order valence-electron chi connectivity index (χ1n) is 7.43. The van der Waals surface area contributed by atoms with E-state index in [1.54, 1.807) is 30.8 Å². The van der Waals surface area contributed by atoms with E-state index in [0.29, 0.717) is 13.2 Å². The molecule has 1 N–H and O–H groups in total. The lowest BCUT2D eigenvalue weighted by atomic mass is 9.90. The van der Waals surface area contributed by atoms with Crippen LogP contribution in [-0.4, -0.2) is 36.1 Å². The Balaban J connectivity index is 1.68. The van der Waals surface area contributed by atoms with Crippen molar-refractivity contribution in [3.05, 3.63) is 35.1 Å². The van der Waals surface area contributed by atoms with E-state index in [9.17, 15) is 4.79 Å². The molecule has 3 rings (SSSR count). The monoisotopic (exact) mass is 317 g/mol. The normalized spacial score (nSPS) is 17.0. The van der Waals surface area contributed by atoms with Crippen LogP contribution in [0.3, 0.4) is 0 Å². The highest BCUT2D eigenvalue weighted by atomic mass is 32.1. The summed E-state index contributed by atoms with van der Waals surface area (Å²) in [6, 6.07) is 3.94. The summed E-state index contributed by atoms with van der Waals surface area (Å²) in [7, 11) is 1.64. The van der Waals surface area contributed by atoms with Crippen molar-refractivity contribution < 1.29 is 9.53 Å². The van der Waals surface area contributed by atoms with Crippen LogP contribution >= 0.6 is 11.3 Å². The summed E-state index contributed by atoms with van der Waals surface area (Å²) in [5.41, 5.74) is 2.24. The highest BCUT2D eigenvalue weighted by Gasteiger charge is 2.27. The number of nitrogens with zero attached hydrogens (tertiary/aromatic N) is 2. The van der Waals surface area contributed by atoms with E-state index in [0.717, 1.165) is 35.5 Å². The minimum Gasteiger partial charge on any atom is -0.383 e. The van der Waals surface area contributed by atoms with Crippen molar-refractivity contribution >= 4 is 17.2 Å². The van der Waals surface area contributed by atoms with Gasteiger partial charge in [0.25, 0.3) is 0 Å². The van der Waals surface area contributed by atoms with Gasteiger partial charge in [0.2, 0.25) is 5.91 Å². The van der Waals surface area contributed by atoms with Gasteiger partial charge in [-0.2, -0.15) is 0 Å². The predicted octanol–water partition coefficient (Wildman–Crippen LogP) is 2.07. The lowest BCUT2D eigenvalue weighted by Crippen LogP contribution is -2.35. The predicted molar refractivity (Wildman–Crippen MR) is 85.7 cm³/mol. The number of carbonyl (C=O) groups is 1. The van der Waals surface area contributed by atoms with Gasteiger partial charge in [0.15, 0.2) is 0 Å². The van der Waals surface area contributed by atoms with Gasteiger partial charge >= 0.3 is 0 Å². The molecule has 2 heterocycles. The van der Waals surface area contributed by atoms with Crippen molar-refractivity contribution in [1.82, 2.24) is 15.3 Å². The number of ether oxygens (including phenoxy) is 1. The van der Waals surface area contributed by atoms with Gasteiger partial charge in [-0.1, -0.05) is 0 Å². The van der Waals surface area contributed by atoms with E-state index in [4.69, 9.17) is 9.72 Å². The molecule has 0 aromatic carbocycles. The van der Waals surface area contributed by atoms with E-state index in [2.05, 4.69) is 10.3 Å². The summed E-state index contributed by atoms with van der Waals surface area (Å²) < 4.78 is 4.96. The molecule has 116 valence electrons. The number of pyridine rings is 1. The Bertz CT molecular complexity index is 642. The lowest BCUT2D eigenvalue weighted by Gasteiger charge is -2.20. The van der Waals surface area contributed by atoms with Gasteiger partial charge in [0, 0.05) is 42.4 Å². The molecule has 1 aliphatic rings. The van der Waals surface area contributed by atoms with Gasteiger partial charge in [0.05, 0.1) is 12.3 Å². The highest BCUT2D eigenvalue weighted by molar-refractivity contribution is 7.15. The first kappa shape index (κ1) is 15.1. The molecule has 1 amide bonds. The standard InChI is InChI=1S/C16H19N3O2S/c1-21-9-8-18-15(20)12-2-3-13-14(10-12)22-16(19-13)11-4-6-17-7-5-11/h4-7,12H,2-3,8-10H2,1H3,(H,18,20). The van der Waals surface area contributed by atoms with Crippen LogP contribution in [-0.2, 0) is 22.4 Å². The smallest absolute Gasteiger partial charge is 0.223 e. The molecule has 2 aromatic rings. The molecule has 1 unspecified atom stereocenters. The second-order valence-corrected chi connectivity index (χ2v) is 6.43. The summed E-state index contributed by atoms with van der Waals surface area (Å²) >= 11 is 1.69. The average Bonchev–Trinajstić information content (AvgIpc) is 2.99. The number of thiazole rings is 1. The number of hydrogen-bond acceptors (Lipinski definition) is 5. The number of nitrogens with one attached hydrogen (secondary N) is 1. The number of amides is 1. The maximum atomic E-state index is 12.2. The SMILES string of the molecule is COCCNC(=O)C1CCc2nc(-c3ccncc3)sc2C1. The molecule has 1 aliphatic carbocycles. The Morgan fingerprint density at radius 2 is 2.27 bits per heavy atom. The van der Waals surface area contributed by atoms with E-state index in [-0.39, 0.29) is 11.8 Å². The molecule has 0 aliphatic heterocycles. The van der Waals surface area contributed by atoms with Crippen LogP contribution in [0.1, 0.15) is 17.0 Å². The highest BCUT2D eigenvalue weighted by Crippen LogP contribution is 2.34. The van der Waals surface area contributed by atoms with Crippen LogP contribution in [0.25, 0.3) is 10.6 Å². The van der Waals surface area contributed by atoms with Crippen LogP contribution in [0.5, 0.6) is 0 Å². The van der Waals surface area contributed by atoms with E-state index in [1.807, 2.05) is 12.1 Å². The number of aryl methyl sites for hydroxylation is 1. The quantitative estimate of drug-likeness (QED) is 0.858. The number of methoxy groups -OCH3 is 1. The molecule has 0 spiro atoms. The zero-order valence-corrected chi connectivity index (χ0v) is 13.4. The molecule has 0 saturated heterocycles. The topological polar surface area (TPSA) is 64.1 Å². The summed E-state index contributed by atoms with van der Waals surface area (Å²) in [6.07, 6.45) is 6.09. The van der Waals surface area contributed by atoms with Crippen molar-refractivity contribution in [2.75, 3.05) is 20.3 Å². The van der Waals surface area contributed by atoms with Crippen molar-refractivity contribution in [2.45, 2.75) is 19.3 Å². The Morgan fingerprint density at radius 3 is 3.05 bits per heavy atom. The minimum absolute atomic E-state index is 0.0510. The Kier molecular flexibility index (Phi) is 4.80. The Hall–Kier alpha value is -1.79. The zero-order chi connectivity index (χ0) is 15.4. The summed E-state index contributed by atoms with van der Waals surface area (Å²) in [6.45, 7) is 1.13. The molecular weight excluding hydrogens is 298 g/mol. The molecule has 5 nitrogen and oxygen atoms in total. The van der Waals surface area contributed by atoms with Crippen LogP contribution < -0.4 is 5.32 Å². The molecule has 0 saturated carbocycles. The lowest BCUT2D eigenvalue weighted by molar-refractivity contribution is -0.125. The molecule has 2 aromatic heterocycles. The van der Waals surface area contributed by atoms with Crippen LogP contribution in [0.15, 0.2) is 24.5 Å². The van der Waals surface area contributed by atoms with Crippen molar-refractivity contribution in [3.8, 4) is 10.6 Å². The third kappa shape index (κ3) is 3.34. The van der Waals surface area contributed by atoms with Crippen LogP contribution in [0.2, 0.25) is 0 Å². The molecular formula is C16H19N3O2S. The van der Waals surface area contributed by atoms with E-state index < -0.39 is 0 Å². The largest absolute Gasteiger partial charge is 0.383 e. The molecule has 6 heteroatoms. The zero-order valence-electron chi connectivity index (χ0n) is 12.5. The van der Waals surface area contributed by atoms with Crippen molar-refractivity contribution in [2.24, 2.45) is 5.92 Å². The first-order valence-corrected chi connectivity index (χ1v) is 8.25. The summed E-state index contributed by atoms with van der Waals surface area (Å²) in [4.78, 5) is 22.2. The second-order valence-electron chi connectivity index (χ2n) is 5.35. The fourth-order valence-corrected chi connectivity index (χ4v) is 3.83. The van der Waals surface area contributed by atoms with Crippen molar-refractivity contribution in [3.63, 3.8) is 0 Å². The van der Waals surface area contributed by atoms with Gasteiger partial charge < -0.3 is 10.1 Å². The van der Waals surface area contributed by atoms with E-state index >= 15 is 0 Å². The molecule has 1 atom stereocenters. The van der Waals surface area contributed by atoms with Crippen LogP contribution in [0, 0.1) is 5.92 Å². The third-order valence-electron chi connectivity index (χ3n) is 3.84. The fraction of sp³-hybridized carbons (Fsp3) is 0.438.